The van der Waals surface area contributed by atoms with Crippen molar-refractivity contribution in [1.82, 2.24) is 35.3 Å². The third-order valence-electron chi connectivity index (χ3n) is 4.34. The number of hydrazine groups is 1. The molecule has 0 unspecified atom stereocenters. The van der Waals surface area contributed by atoms with Crippen molar-refractivity contribution in [3.05, 3.63) is 81.6 Å². The number of nitrogens with one attached hydrogen (secondary N) is 3. The fourth-order valence-corrected chi connectivity index (χ4v) is 3.98. The summed E-state index contributed by atoms with van der Waals surface area (Å²) >= 11 is 2.11. The summed E-state index contributed by atoms with van der Waals surface area (Å²) in [5.41, 5.74) is 2.89. The van der Waals surface area contributed by atoms with Gasteiger partial charge in [0.2, 0.25) is 0 Å². The third-order valence-corrected chi connectivity index (χ3v) is 6.03. The summed E-state index contributed by atoms with van der Waals surface area (Å²) in [7, 11) is 0. The van der Waals surface area contributed by atoms with E-state index in [-0.39, 0.29) is 10.9 Å². The lowest BCUT2D eigenvalue weighted by atomic mass is 10.2. The molecule has 2 aromatic heterocycles. The molecule has 0 aliphatic carbocycles. The number of hydrazone groups is 1. The number of nitrogens with two attached hydrogens (primary N) is 2. The highest BCUT2D eigenvalue weighted by Crippen LogP contribution is 2.17. The number of carboxylic acids is 1. The number of rotatable bonds is 8. The van der Waals surface area contributed by atoms with E-state index in [2.05, 4.69) is 40.4 Å². The summed E-state index contributed by atoms with van der Waals surface area (Å²) < 4.78 is 0. The second-order valence-corrected chi connectivity index (χ2v) is 8.88. The molecule has 0 aliphatic rings. The predicted octanol–water partition coefficient (Wildman–Crippen LogP) is 1.69. The van der Waals surface area contributed by atoms with Gasteiger partial charge in [0.25, 0.3) is 0 Å². The zero-order valence-corrected chi connectivity index (χ0v) is 23.2. The van der Waals surface area contributed by atoms with Crippen molar-refractivity contribution in [2.45, 2.75) is 24.2 Å². The molecule has 0 atom stereocenters. The number of hydrogen-bond donors (Lipinski definition) is 6. The van der Waals surface area contributed by atoms with Gasteiger partial charge in [0, 0.05) is 11.1 Å². The fraction of sp³-hybridized carbons (Fsp3) is 0.167. The largest absolute Gasteiger partial charge is 0.481 e. The zero-order valence-electron chi connectivity index (χ0n) is 21.6. The minimum absolute atomic E-state index is 0.153. The lowest BCUT2D eigenvalue weighted by Crippen LogP contribution is -2.33. The van der Waals surface area contributed by atoms with Crippen molar-refractivity contribution in [3.63, 3.8) is 0 Å². The lowest BCUT2D eigenvalue weighted by molar-refractivity contribution is -0.133. The van der Waals surface area contributed by atoms with Crippen LogP contribution in [0.3, 0.4) is 0 Å². The highest BCUT2D eigenvalue weighted by molar-refractivity contribution is 8.00. The van der Waals surface area contributed by atoms with Gasteiger partial charge in [0.1, 0.15) is 17.5 Å². The van der Waals surface area contributed by atoms with E-state index in [1.54, 1.807) is 12.1 Å². The zero-order chi connectivity index (χ0) is 29.3. The highest BCUT2D eigenvalue weighted by Gasteiger charge is 2.08. The van der Waals surface area contributed by atoms with Crippen LogP contribution in [-0.4, -0.2) is 58.3 Å². The van der Waals surface area contributed by atoms with Gasteiger partial charge in [-0.15, -0.1) is 0 Å². The minimum atomic E-state index is -0.981. The number of thioether (sulfide) groups is 2. The maximum atomic E-state index is 11.6. The second kappa shape index (κ2) is 17.1. The molecule has 40 heavy (non-hydrogen) atoms. The number of benzene rings is 2. The molecule has 14 nitrogen and oxygen atoms in total. The average molecular weight is 585 g/mol. The number of hydrogen-bond acceptors (Lipinski definition) is 12. The van der Waals surface area contributed by atoms with Gasteiger partial charge in [-0.2, -0.15) is 15.1 Å². The Labute approximate surface area is 237 Å². The van der Waals surface area contributed by atoms with Gasteiger partial charge in [-0.1, -0.05) is 98.0 Å². The van der Waals surface area contributed by atoms with E-state index >= 15 is 0 Å². The summed E-state index contributed by atoms with van der Waals surface area (Å²) in [6.45, 7) is 4.00. The Balaban J connectivity index is 0.000000265. The number of aromatic amines is 2. The first-order valence-corrected chi connectivity index (χ1v) is 13.6. The SMILES string of the molecule is CC.N/N=C(/CSc1nc(-c2ccccc2)[nH]c(=O)n1)NN.O=C(O)CSc1nc(-c2ccccc2)[nH]c(=O)n1. The fourth-order valence-electron chi connectivity index (χ4n) is 2.70. The first kappa shape index (κ1) is 31.7. The van der Waals surface area contributed by atoms with E-state index in [1.165, 1.54) is 11.8 Å². The van der Waals surface area contributed by atoms with Crippen LogP contribution in [-0.2, 0) is 4.79 Å². The normalized spacial score (nSPS) is 10.4. The van der Waals surface area contributed by atoms with E-state index in [0.29, 0.717) is 28.4 Å². The number of H-pyrrole nitrogens is 2. The van der Waals surface area contributed by atoms with Gasteiger partial charge < -0.3 is 16.4 Å². The summed E-state index contributed by atoms with van der Waals surface area (Å²) in [6.07, 6.45) is 0. The number of carbonyl (C=O) groups is 1. The molecule has 0 saturated carbocycles. The van der Waals surface area contributed by atoms with Gasteiger partial charge in [-0.25, -0.2) is 25.4 Å². The maximum Gasteiger partial charge on any atom is 0.349 e. The topological polar surface area (TPSA) is 231 Å². The number of aromatic nitrogens is 6. The Bertz CT molecular complexity index is 1500. The van der Waals surface area contributed by atoms with Crippen LogP contribution in [0.2, 0.25) is 0 Å². The lowest BCUT2D eigenvalue weighted by Gasteiger charge is -2.04. The number of aliphatic carboxylic acids is 1. The molecule has 8 N–H and O–H groups in total. The van der Waals surface area contributed by atoms with Crippen LogP contribution in [0.25, 0.3) is 22.8 Å². The summed E-state index contributed by atoms with van der Waals surface area (Å²) in [5, 5.41) is 12.5. The molecular weight excluding hydrogens is 556 g/mol. The third kappa shape index (κ3) is 10.7. The Kier molecular flexibility index (Phi) is 13.6. The number of nitrogens with zero attached hydrogens (tertiary/aromatic N) is 5. The average Bonchev–Trinajstić information content (AvgIpc) is 2.98. The molecule has 4 aromatic rings. The van der Waals surface area contributed by atoms with E-state index in [1.807, 2.05) is 62.4 Å². The van der Waals surface area contributed by atoms with Crippen LogP contribution in [0, 0.1) is 0 Å². The molecule has 16 heteroatoms. The van der Waals surface area contributed by atoms with Gasteiger partial charge in [-0.3, -0.25) is 14.8 Å². The van der Waals surface area contributed by atoms with Gasteiger partial charge in [-0.05, 0) is 0 Å². The van der Waals surface area contributed by atoms with Crippen molar-refractivity contribution >= 4 is 35.3 Å². The minimum Gasteiger partial charge on any atom is -0.481 e. The molecule has 4 rings (SSSR count). The van der Waals surface area contributed by atoms with Crippen molar-refractivity contribution in [3.8, 4) is 22.8 Å². The molecule has 0 bridgehead atoms. The second-order valence-electron chi connectivity index (χ2n) is 6.99. The van der Waals surface area contributed by atoms with E-state index < -0.39 is 17.3 Å². The molecular formula is C24H28N10O4S2. The van der Waals surface area contributed by atoms with E-state index in [9.17, 15) is 14.4 Å². The molecule has 0 saturated heterocycles. The van der Waals surface area contributed by atoms with Crippen molar-refractivity contribution in [1.29, 1.82) is 0 Å². The van der Waals surface area contributed by atoms with Gasteiger partial charge >= 0.3 is 17.3 Å². The number of carboxylic acid groups (broad SMARTS) is 1. The Morgan fingerprint density at radius 2 is 1.25 bits per heavy atom. The Hall–Kier alpha value is -4.54. The predicted molar refractivity (Wildman–Crippen MR) is 156 cm³/mol. The Morgan fingerprint density at radius 1 is 0.825 bits per heavy atom. The first-order chi connectivity index (χ1) is 19.4. The maximum absolute atomic E-state index is 11.6. The van der Waals surface area contributed by atoms with Gasteiger partial charge in [0.05, 0.1) is 11.5 Å². The van der Waals surface area contributed by atoms with Crippen LogP contribution in [0.4, 0.5) is 0 Å². The van der Waals surface area contributed by atoms with Crippen LogP contribution in [0.5, 0.6) is 0 Å². The monoisotopic (exact) mass is 584 g/mol. The smallest absolute Gasteiger partial charge is 0.349 e. The van der Waals surface area contributed by atoms with Crippen LogP contribution >= 0.6 is 23.5 Å². The van der Waals surface area contributed by atoms with Crippen molar-refractivity contribution < 1.29 is 9.90 Å². The van der Waals surface area contributed by atoms with E-state index in [0.717, 1.165) is 22.9 Å². The molecule has 0 amide bonds. The van der Waals surface area contributed by atoms with Crippen LogP contribution in [0.1, 0.15) is 13.8 Å². The molecule has 210 valence electrons. The molecule has 0 spiro atoms. The summed E-state index contributed by atoms with van der Waals surface area (Å²) in [6, 6.07) is 18.4. The molecule has 0 aliphatic heterocycles. The summed E-state index contributed by atoms with van der Waals surface area (Å²) in [4.78, 5) is 54.2. The number of amidine groups is 1. The van der Waals surface area contributed by atoms with Crippen LogP contribution in [0.15, 0.2) is 85.7 Å². The quantitative estimate of drug-likeness (QED) is 0.0570. The van der Waals surface area contributed by atoms with Crippen LogP contribution < -0.4 is 28.5 Å². The van der Waals surface area contributed by atoms with Gasteiger partial charge in [0.15, 0.2) is 10.3 Å². The highest BCUT2D eigenvalue weighted by atomic mass is 32.2. The summed E-state index contributed by atoms with van der Waals surface area (Å²) in [5.74, 6) is 10.7. The standard InChI is InChI=1S/C11H13N7OS.C11H9N3O3S.C2H6/c12-17-8(18-13)6-20-11-15-9(14-10(19)16-11)7-4-2-1-3-5-7;15-8(16)6-18-11-13-9(12-10(17)14-11)7-4-2-1-3-5-7;1-2/h1-5H,6,12-13H2,(H,17,18)(H,14,15,16,19);1-5H,6H2,(H,15,16)(H,12,13,14,17);1-2H3. The molecule has 0 radical (unpaired) electrons. The van der Waals surface area contributed by atoms with Crippen molar-refractivity contribution in [2.75, 3.05) is 11.5 Å². The van der Waals surface area contributed by atoms with Crippen molar-refractivity contribution in [2.24, 2.45) is 16.8 Å². The molecule has 2 heterocycles. The molecule has 0 fully saturated rings. The van der Waals surface area contributed by atoms with E-state index in [4.69, 9.17) is 16.8 Å². The Morgan fingerprint density at radius 3 is 1.62 bits per heavy atom. The first-order valence-electron chi connectivity index (χ1n) is 11.7. The molecule has 2 aromatic carbocycles.